The smallest absolute Gasteiger partial charge is 0.227 e. The van der Waals surface area contributed by atoms with E-state index in [1.54, 1.807) is 0 Å². The molecule has 142 valence electrons. The Hall–Kier alpha value is -1.84. The Morgan fingerprint density at radius 2 is 1.92 bits per heavy atom. The molecular formula is C22H31NO3. The number of hydrogen-bond acceptors (Lipinski definition) is 3. The minimum atomic E-state index is 0.0713. The van der Waals surface area contributed by atoms with Gasteiger partial charge < -0.3 is 9.64 Å². The van der Waals surface area contributed by atoms with Crippen LogP contribution in [-0.4, -0.2) is 35.8 Å². The number of carbonyl (C=O) groups is 2. The van der Waals surface area contributed by atoms with Gasteiger partial charge in [0.1, 0.15) is 11.5 Å². The van der Waals surface area contributed by atoms with Gasteiger partial charge in [-0.1, -0.05) is 32.4 Å². The van der Waals surface area contributed by atoms with Crippen LogP contribution in [0.2, 0.25) is 0 Å². The first kappa shape index (κ1) is 18.9. The highest BCUT2D eigenvalue weighted by Crippen LogP contribution is 2.32. The van der Waals surface area contributed by atoms with Gasteiger partial charge in [-0.2, -0.15) is 0 Å². The molecule has 1 amide bonds. The molecule has 26 heavy (non-hydrogen) atoms. The highest BCUT2D eigenvalue weighted by atomic mass is 16.5. The normalized spacial score (nSPS) is 23.5. The molecule has 0 spiro atoms. The molecule has 1 saturated carbocycles. The van der Waals surface area contributed by atoms with Crippen LogP contribution in [0.4, 0.5) is 0 Å². The van der Waals surface area contributed by atoms with Crippen LogP contribution in [0, 0.1) is 11.8 Å². The molecule has 0 aromatic heterocycles. The summed E-state index contributed by atoms with van der Waals surface area (Å²) >= 11 is 0. The number of Topliss-reactive ketones (excluding diaryl/α,β-unsaturated/α-hetero) is 1. The van der Waals surface area contributed by atoms with Crippen molar-refractivity contribution < 1.29 is 14.3 Å². The van der Waals surface area contributed by atoms with Crippen molar-refractivity contribution in [3.05, 3.63) is 29.8 Å². The van der Waals surface area contributed by atoms with Crippen LogP contribution in [0.15, 0.2) is 24.3 Å². The van der Waals surface area contributed by atoms with Crippen molar-refractivity contribution in [1.82, 2.24) is 4.90 Å². The zero-order valence-electron chi connectivity index (χ0n) is 16.1. The summed E-state index contributed by atoms with van der Waals surface area (Å²) in [6.07, 6.45) is 6.18. The van der Waals surface area contributed by atoms with Crippen molar-refractivity contribution in [2.45, 2.75) is 64.8 Å². The van der Waals surface area contributed by atoms with E-state index < -0.39 is 0 Å². The lowest BCUT2D eigenvalue weighted by molar-refractivity contribution is -0.135. The molecule has 1 aromatic carbocycles. The lowest BCUT2D eigenvalue weighted by Gasteiger charge is -2.33. The second-order valence-corrected chi connectivity index (χ2v) is 8.14. The molecular weight excluding hydrogens is 326 g/mol. The third-order valence-electron chi connectivity index (χ3n) is 5.55. The molecule has 3 rings (SSSR count). The molecule has 0 N–H and O–H groups in total. The zero-order valence-corrected chi connectivity index (χ0v) is 16.1. The Bertz CT molecular complexity index is 623. The maximum atomic E-state index is 12.9. The van der Waals surface area contributed by atoms with E-state index in [4.69, 9.17) is 4.74 Å². The van der Waals surface area contributed by atoms with Crippen molar-refractivity contribution in [3.8, 4) is 5.75 Å². The lowest BCUT2D eigenvalue weighted by atomic mass is 9.81. The molecule has 4 nitrogen and oxygen atoms in total. The minimum Gasteiger partial charge on any atom is -0.493 e. The number of carbonyl (C=O) groups excluding carboxylic acids is 2. The van der Waals surface area contributed by atoms with Crippen molar-refractivity contribution in [2.75, 3.05) is 13.2 Å². The van der Waals surface area contributed by atoms with Crippen LogP contribution in [0.5, 0.6) is 5.75 Å². The van der Waals surface area contributed by atoms with Crippen LogP contribution in [0.25, 0.3) is 0 Å². The van der Waals surface area contributed by atoms with Gasteiger partial charge in [-0.25, -0.2) is 0 Å². The summed E-state index contributed by atoms with van der Waals surface area (Å²) in [5, 5.41) is 0. The SMILES string of the molecule is CC(C)COc1ccc(CC(=O)N2CCC[C@H]2[C@H]2CCCCC2=O)cc1. The van der Waals surface area contributed by atoms with E-state index in [-0.39, 0.29) is 17.9 Å². The second-order valence-electron chi connectivity index (χ2n) is 8.14. The van der Waals surface area contributed by atoms with E-state index in [2.05, 4.69) is 13.8 Å². The molecule has 1 heterocycles. The van der Waals surface area contributed by atoms with Gasteiger partial charge in [-0.3, -0.25) is 9.59 Å². The number of ketones is 1. The molecule has 2 aliphatic rings. The topological polar surface area (TPSA) is 46.6 Å². The van der Waals surface area contributed by atoms with E-state index in [1.165, 1.54) is 0 Å². The van der Waals surface area contributed by atoms with E-state index >= 15 is 0 Å². The maximum Gasteiger partial charge on any atom is 0.227 e. The van der Waals surface area contributed by atoms with Gasteiger partial charge in [0.05, 0.1) is 13.0 Å². The summed E-state index contributed by atoms with van der Waals surface area (Å²) in [6, 6.07) is 7.97. The largest absolute Gasteiger partial charge is 0.493 e. The molecule has 1 aliphatic heterocycles. The summed E-state index contributed by atoms with van der Waals surface area (Å²) in [7, 11) is 0. The fraction of sp³-hybridized carbons (Fsp3) is 0.636. The van der Waals surface area contributed by atoms with Crippen LogP contribution >= 0.6 is 0 Å². The van der Waals surface area contributed by atoms with Gasteiger partial charge in [-0.05, 0) is 49.3 Å². The van der Waals surface area contributed by atoms with Crippen molar-refractivity contribution in [1.29, 1.82) is 0 Å². The van der Waals surface area contributed by atoms with Crippen molar-refractivity contribution >= 4 is 11.7 Å². The number of rotatable bonds is 6. The summed E-state index contributed by atoms with van der Waals surface area (Å²) in [6.45, 7) is 5.74. The van der Waals surface area contributed by atoms with Crippen LogP contribution in [-0.2, 0) is 16.0 Å². The van der Waals surface area contributed by atoms with Gasteiger partial charge in [0.15, 0.2) is 0 Å². The quantitative estimate of drug-likeness (QED) is 0.773. The average Bonchev–Trinajstić information content (AvgIpc) is 3.11. The van der Waals surface area contributed by atoms with Gasteiger partial charge >= 0.3 is 0 Å². The third kappa shape index (κ3) is 4.66. The van der Waals surface area contributed by atoms with Crippen molar-refractivity contribution in [3.63, 3.8) is 0 Å². The molecule has 2 fully saturated rings. The first-order valence-electron chi connectivity index (χ1n) is 10.1. The van der Waals surface area contributed by atoms with Gasteiger partial charge in [0.2, 0.25) is 5.91 Å². The molecule has 0 radical (unpaired) electrons. The molecule has 0 bridgehead atoms. The summed E-state index contributed by atoms with van der Waals surface area (Å²) < 4.78 is 5.70. The number of benzene rings is 1. The molecule has 2 atom stereocenters. The Kier molecular flexibility index (Phi) is 6.33. The fourth-order valence-corrected chi connectivity index (χ4v) is 4.18. The summed E-state index contributed by atoms with van der Waals surface area (Å²) in [4.78, 5) is 27.1. The number of ether oxygens (including phenoxy) is 1. The minimum absolute atomic E-state index is 0.0713. The van der Waals surface area contributed by atoms with Gasteiger partial charge in [-0.15, -0.1) is 0 Å². The molecule has 0 unspecified atom stereocenters. The van der Waals surface area contributed by atoms with Gasteiger partial charge in [0.25, 0.3) is 0 Å². The van der Waals surface area contributed by atoms with Crippen LogP contribution in [0.3, 0.4) is 0 Å². The second kappa shape index (κ2) is 8.70. The Morgan fingerprint density at radius 1 is 1.15 bits per heavy atom. The highest BCUT2D eigenvalue weighted by Gasteiger charge is 2.38. The monoisotopic (exact) mass is 357 g/mol. The lowest BCUT2D eigenvalue weighted by Crippen LogP contribution is -2.44. The Morgan fingerprint density at radius 3 is 2.62 bits per heavy atom. The zero-order chi connectivity index (χ0) is 18.5. The Labute approximate surface area is 156 Å². The highest BCUT2D eigenvalue weighted by molar-refractivity contribution is 5.84. The predicted molar refractivity (Wildman–Crippen MR) is 102 cm³/mol. The first-order chi connectivity index (χ1) is 12.5. The first-order valence-corrected chi connectivity index (χ1v) is 10.1. The fourth-order valence-electron chi connectivity index (χ4n) is 4.18. The summed E-state index contributed by atoms with van der Waals surface area (Å²) in [5.74, 6) is 1.93. The van der Waals surface area contributed by atoms with Crippen LogP contribution in [0.1, 0.15) is 57.9 Å². The number of likely N-dealkylation sites (tertiary alicyclic amines) is 1. The third-order valence-corrected chi connectivity index (χ3v) is 5.55. The molecule has 1 aliphatic carbocycles. The van der Waals surface area contributed by atoms with Crippen molar-refractivity contribution in [2.24, 2.45) is 11.8 Å². The number of hydrogen-bond donors (Lipinski definition) is 0. The number of amides is 1. The molecule has 1 aromatic rings. The maximum absolute atomic E-state index is 12.9. The standard InChI is InChI=1S/C22H31NO3/c1-16(2)15-26-18-11-9-17(10-12-18)14-22(25)23-13-5-7-20(23)19-6-3-4-8-21(19)24/h9-12,16,19-20H,3-8,13-15H2,1-2H3/t19-,20+/m1/s1. The predicted octanol–water partition coefficient (Wildman–Crippen LogP) is 4.01. The van der Waals surface area contributed by atoms with E-state index in [0.717, 1.165) is 50.0 Å². The van der Waals surface area contributed by atoms with E-state index in [1.807, 2.05) is 29.2 Å². The number of nitrogens with zero attached hydrogens (tertiary/aromatic N) is 1. The van der Waals surface area contributed by atoms with Gasteiger partial charge in [0, 0.05) is 24.9 Å². The van der Waals surface area contributed by atoms with Crippen LogP contribution < -0.4 is 4.74 Å². The van der Waals surface area contributed by atoms with E-state index in [9.17, 15) is 9.59 Å². The summed E-state index contributed by atoms with van der Waals surface area (Å²) in [5.41, 5.74) is 1.01. The molecule has 1 saturated heterocycles. The molecule has 4 heteroatoms. The Balaban J connectivity index is 1.59. The van der Waals surface area contributed by atoms with E-state index in [0.29, 0.717) is 31.1 Å². The average molecular weight is 357 g/mol.